The Morgan fingerprint density at radius 1 is 1.32 bits per heavy atom. The zero-order valence-electron chi connectivity index (χ0n) is 12.3. The van der Waals surface area contributed by atoms with Crippen molar-refractivity contribution in [2.45, 2.75) is 58.1 Å². The summed E-state index contributed by atoms with van der Waals surface area (Å²) in [6.45, 7) is 8.94. The topological polar surface area (TPSA) is 64.6 Å². The molecule has 5 nitrogen and oxygen atoms in total. The van der Waals surface area contributed by atoms with Gasteiger partial charge in [-0.2, -0.15) is 0 Å². The number of hydrogen-bond acceptors (Lipinski definition) is 4. The first-order chi connectivity index (χ1) is 8.80. The average Bonchev–Trinajstić information content (AvgIpc) is 2.29. The summed E-state index contributed by atoms with van der Waals surface area (Å²) in [6.07, 6.45) is 4.37. The SMILES string of the molecule is C=CCCCC[C@H](NC(=O)OC(C)(C)C)C(=O)OC. The number of esters is 1. The maximum atomic E-state index is 11.6. The number of carbonyl (C=O) groups excluding carboxylic acids is 2. The van der Waals surface area contributed by atoms with Crippen LogP contribution in [-0.4, -0.2) is 30.8 Å². The van der Waals surface area contributed by atoms with Gasteiger partial charge in [0.25, 0.3) is 0 Å². The molecule has 0 aromatic heterocycles. The molecule has 0 bridgehead atoms. The van der Waals surface area contributed by atoms with Crippen LogP contribution in [0.1, 0.15) is 46.5 Å². The van der Waals surface area contributed by atoms with Crippen LogP contribution in [0.4, 0.5) is 4.79 Å². The molecule has 110 valence electrons. The third-order valence-corrected chi connectivity index (χ3v) is 2.33. The summed E-state index contributed by atoms with van der Waals surface area (Å²) in [5.74, 6) is -0.454. The van der Waals surface area contributed by atoms with Gasteiger partial charge < -0.3 is 14.8 Å². The largest absolute Gasteiger partial charge is 0.467 e. The smallest absolute Gasteiger partial charge is 0.408 e. The van der Waals surface area contributed by atoms with Crippen molar-refractivity contribution in [2.75, 3.05) is 7.11 Å². The molecule has 0 rings (SSSR count). The average molecular weight is 271 g/mol. The number of allylic oxidation sites excluding steroid dienone is 1. The van der Waals surface area contributed by atoms with E-state index in [2.05, 4.69) is 16.6 Å². The normalized spacial score (nSPS) is 12.4. The molecule has 0 radical (unpaired) electrons. The van der Waals surface area contributed by atoms with E-state index in [1.807, 2.05) is 6.08 Å². The molecule has 0 aromatic rings. The number of alkyl carbamates (subject to hydrolysis) is 1. The first-order valence-electron chi connectivity index (χ1n) is 6.48. The Morgan fingerprint density at radius 2 is 1.95 bits per heavy atom. The Hall–Kier alpha value is -1.52. The molecule has 0 aromatic carbocycles. The van der Waals surface area contributed by atoms with Gasteiger partial charge in [-0.15, -0.1) is 6.58 Å². The van der Waals surface area contributed by atoms with E-state index in [-0.39, 0.29) is 0 Å². The minimum absolute atomic E-state index is 0.454. The van der Waals surface area contributed by atoms with Crippen LogP contribution < -0.4 is 5.32 Å². The van der Waals surface area contributed by atoms with Crippen molar-refractivity contribution in [1.29, 1.82) is 0 Å². The van der Waals surface area contributed by atoms with Crippen molar-refractivity contribution in [2.24, 2.45) is 0 Å². The van der Waals surface area contributed by atoms with Gasteiger partial charge in [0.05, 0.1) is 7.11 Å². The van der Waals surface area contributed by atoms with E-state index in [1.165, 1.54) is 7.11 Å². The van der Waals surface area contributed by atoms with Crippen LogP contribution in [0.5, 0.6) is 0 Å². The van der Waals surface area contributed by atoms with Crippen LogP contribution in [0.3, 0.4) is 0 Å². The predicted molar refractivity (Wildman–Crippen MR) is 73.8 cm³/mol. The number of rotatable bonds is 7. The highest BCUT2D eigenvalue weighted by molar-refractivity contribution is 5.81. The minimum atomic E-state index is -0.662. The van der Waals surface area contributed by atoms with Gasteiger partial charge in [-0.25, -0.2) is 9.59 Å². The lowest BCUT2D eigenvalue weighted by Crippen LogP contribution is -2.44. The second kappa shape index (κ2) is 8.56. The van der Waals surface area contributed by atoms with Gasteiger partial charge in [-0.05, 0) is 40.0 Å². The molecule has 1 atom stereocenters. The lowest BCUT2D eigenvalue weighted by atomic mass is 10.1. The zero-order valence-corrected chi connectivity index (χ0v) is 12.3. The minimum Gasteiger partial charge on any atom is -0.467 e. The monoisotopic (exact) mass is 271 g/mol. The Bertz CT molecular complexity index is 307. The molecule has 0 aliphatic rings. The fourth-order valence-electron chi connectivity index (χ4n) is 1.48. The van der Waals surface area contributed by atoms with E-state index < -0.39 is 23.7 Å². The summed E-state index contributed by atoms with van der Waals surface area (Å²) in [7, 11) is 1.30. The molecular formula is C14H25NO4. The van der Waals surface area contributed by atoms with Gasteiger partial charge in [0.2, 0.25) is 0 Å². The fraction of sp³-hybridized carbons (Fsp3) is 0.714. The highest BCUT2D eigenvalue weighted by atomic mass is 16.6. The van der Waals surface area contributed by atoms with Gasteiger partial charge in [0.15, 0.2) is 0 Å². The van der Waals surface area contributed by atoms with E-state index in [1.54, 1.807) is 20.8 Å². The number of ether oxygens (including phenoxy) is 2. The molecule has 1 N–H and O–H groups in total. The van der Waals surface area contributed by atoms with Crippen molar-refractivity contribution in [3.05, 3.63) is 12.7 Å². The molecule has 19 heavy (non-hydrogen) atoms. The van der Waals surface area contributed by atoms with Crippen LogP contribution in [0, 0.1) is 0 Å². The van der Waals surface area contributed by atoms with E-state index >= 15 is 0 Å². The highest BCUT2D eigenvalue weighted by Gasteiger charge is 2.24. The van der Waals surface area contributed by atoms with Crippen LogP contribution in [0.25, 0.3) is 0 Å². The van der Waals surface area contributed by atoms with Gasteiger partial charge in [-0.1, -0.05) is 12.5 Å². The molecule has 5 heteroatoms. The van der Waals surface area contributed by atoms with E-state index in [4.69, 9.17) is 4.74 Å². The lowest BCUT2D eigenvalue weighted by Gasteiger charge is -2.22. The molecule has 0 spiro atoms. The number of nitrogens with one attached hydrogen (secondary N) is 1. The number of amides is 1. The predicted octanol–water partition coefficient (Wildman–Crippen LogP) is 2.80. The summed E-state index contributed by atoms with van der Waals surface area (Å²) < 4.78 is 9.79. The Balaban J connectivity index is 4.30. The van der Waals surface area contributed by atoms with E-state index in [0.29, 0.717) is 6.42 Å². The van der Waals surface area contributed by atoms with Crippen LogP contribution in [-0.2, 0) is 14.3 Å². The second-order valence-electron chi connectivity index (χ2n) is 5.30. The second-order valence-corrected chi connectivity index (χ2v) is 5.30. The molecule has 0 saturated heterocycles. The van der Waals surface area contributed by atoms with E-state index in [0.717, 1.165) is 19.3 Å². The third-order valence-electron chi connectivity index (χ3n) is 2.33. The molecule has 0 aliphatic carbocycles. The van der Waals surface area contributed by atoms with Crippen molar-refractivity contribution < 1.29 is 19.1 Å². The van der Waals surface area contributed by atoms with Crippen molar-refractivity contribution in [3.8, 4) is 0 Å². The molecule has 0 aliphatic heterocycles. The molecule has 1 amide bonds. The lowest BCUT2D eigenvalue weighted by molar-refractivity contribution is -0.143. The molecule has 0 unspecified atom stereocenters. The maximum absolute atomic E-state index is 11.6. The standard InChI is InChI=1S/C14H25NO4/c1-6-7-8-9-10-11(12(16)18-5)15-13(17)19-14(2,3)4/h6,11H,1,7-10H2,2-5H3,(H,15,17)/t11-/m0/s1. The Morgan fingerprint density at radius 3 is 2.42 bits per heavy atom. The summed E-state index contributed by atoms with van der Waals surface area (Å²) in [5.41, 5.74) is -0.590. The highest BCUT2D eigenvalue weighted by Crippen LogP contribution is 2.09. The van der Waals surface area contributed by atoms with Gasteiger partial charge in [0.1, 0.15) is 11.6 Å². The van der Waals surface area contributed by atoms with Gasteiger partial charge >= 0.3 is 12.1 Å². The van der Waals surface area contributed by atoms with Gasteiger partial charge in [0, 0.05) is 0 Å². The number of hydrogen-bond donors (Lipinski definition) is 1. The molecular weight excluding hydrogens is 246 g/mol. The van der Waals surface area contributed by atoms with E-state index in [9.17, 15) is 9.59 Å². The first-order valence-corrected chi connectivity index (χ1v) is 6.48. The van der Waals surface area contributed by atoms with Gasteiger partial charge in [-0.3, -0.25) is 0 Å². The Kier molecular flexibility index (Phi) is 7.87. The number of unbranched alkanes of at least 4 members (excludes halogenated alkanes) is 2. The summed E-state index contributed by atoms with van der Waals surface area (Å²) in [4.78, 5) is 23.2. The number of methoxy groups -OCH3 is 1. The van der Waals surface area contributed by atoms with Crippen LogP contribution >= 0.6 is 0 Å². The van der Waals surface area contributed by atoms with Crippen LogP contribution in [0.2, 0.25) is 0 Å². The molecule has 0 saturated carbocycles. The van der Waals surface area contributed by atoms with Crippen molar-refractivity contribution >= 4 is 12.1 Å². The quantitative estimate of drug-likeness (QED) is 0.439. The molecule has 0 fully saturated rings. The maximum Gasteiger partial charge on any atom is 0.408 e. The first kappa shape index (κ1) is 17.5. The summed E-state index contributed by atoms with van der Waals surface area (Å²) in [6, 6.07) is -0.662. The zero-order chi connectivity index (χ0) is 14.9. The third kappa shape index (κ3) is 9.11. The Labute approximate surface area is 115 Å². The summed E-state index contributed by atoms with van der Waals surface area (Å²) >= 11 is 0. The number of carbonyl (C=O) groups is 2. The molecule has 0 heterocycles. The van der Waals surface area contributed by atoms with Crippen molar-refractivity contribution in [1.82, 2.24) is 5.32 Å². The fourth-order valence-corrected chi connectivity index (χ4v) is 1.48. The summed E-state index contributed by atoms with van der Waals surface area (Å²) in [5, 5.41) is 2.54. The van der Waals surface area contributed by atoms with Crippen molar-refractivity contribution in [3.63, 3.8) is 0 Å². The van der Waals surface area contributed by atoms with Crippen LogP contribution in [0.15, 0.2) is 12.7 Å².